The van der Waals surface area contributed by atoms with Gasteiger partial charge in [0.1, 0.15) is 0 Å². The molecule has 1 aromatic heterocycles. The molecule has 0 spiro atoms. The van der Waals surface area contributed by atoms with Crippen LogP contribution >= 0.6 is 0 Å². The second kappa shape index (κ2) is 5.18. The van der Waals surface area contributed by atoms with Crippen LogP contribution in [-0.2, 0) is 0 Å². The molecule has 3 rings (SSSR count). The van der Waals surface area contributed by atoms with E-state index < -0.39 is 0 Å². The van der Waals surface area contributed by atoms with Crippen LogP contribution < -0.4 is 0 Å². The van der Waals surface area contributed by atoms with Gasteiger partial charge in [0.05, 0.1) is 5.52 Å². The highest BCUT2D eigenvalue weighted by Gasteiger charge is 2.04. The van der Waals surface area contributed by atoms with Crippen molar-refractivity contribution in [2.75, 3.05) is 0 Å². The van der Waals surface area contributed by atoms with E-state index in [4.69, 9.17) is 0 Å². The summed E-state index contributed by atoms with van der Waals surface area (Å²) in [5, 5.41) is 3.77. The normalized spacial score (nSPS) is 10.2. The van der Waals surface area contributed by atoms with Gasteiger partial charge >= 0.3 is 0 Å². The van der Waals surface area contributed by atoms with Gasteiger partial charge in [0, 0.05) is 16.5 Å². The van der Waals surface area contributed by atoms with Gasteiger partial charge in [-0.1, -0.05) is 44.2 Å². The molecule has 0 atom stereocenters. The van der Waals surface area contributed by atoms with Crippen molar-refractivity contribution in [2.45, 2.75) is 27.7 Å². The van der Waals surface area contributed by atoms with Crippen LogP contribution in [0, 0.1) is 13.8 Å². The predicted molar refractivity (Wildman–Crippen MR) is 80.1 cm³/mol. The lowest BCUT2D eigenvalue weighted by Crippen LogP contribution is -1.87. The van der Waals surface area contributed by atoms with Gasteiger partial charge in [0.2, 0.25) is 0 Å². The number of hydrogen-bond acceptors (Lipinski definition) is 1. The van der Waals surface area contributed by atoms with Crippen LogP contribution in [0.25, 0.3) is 21.7 Å². The monoisotopic (exact) mass is 237 g/mol. The van der Waals surface area contributed by atoms with Crippen molar-refractivity contribution >= 4 is 21.7 Å². The predicted octanol–water partition coefficient (Wildman–Crippen LogP) is 5.03. The molecule has 2 aromatic carbocycles. The number of pyridine rings is 1. The maximum atomic E-state index is 4.64. The fourth-order valence-electron chi connectivity index (χ4n) is 2.24. The van der Waals surface area contributed by atoms with E-state index in [0.29, 0.717) is 0 Å². The van der Waals surface area contributed by atoms with Crippen LogP contribution in [0.3, 0.4) is 0 Å². The highest BCUT2D eigenvalue weighted by molar-refractivity contribution is 6.06. The number of aromatic nitrogens is 1. The van der Waals surface area contributed by atoms with Gasteiger partial charge in [0.15, 0.2) is 0 Å². The van der Waals surface area contributed by atoms with Crippen LogP contribution in [0.1, 0.15) is 25.1 Å². The van der Waals surface area contributed by atoms with Crippen molar-refractivity contribution < 1.29 is 0 Å². The average Bonchev–Trinajstić information content (AvgIpc) is 2.42. The molecule has 0 fully saturated rings. The molecule has 18 heavy (non-hydrogen) atoms. The van der Waals surface area contributed by atoms with Crippen LogP contribution in [0.4, 0.5) is 0 Å². The zero-order valence-corrected chi connectivity index (χ0v) is 11.5. The number of rotatable bonds is 0. The first-order valence-electron chi connectivity index (χ1n) is 6.51. The van der Waals surface area contributed by atoms with Crippen molar-refractivity contribution in [3.8, 4) is 0 Å². The van der Waals surface area contributed by atoms with E-state index in [1.54, 1.807) is 0 Å². The van der Waals surface area contributed by atoms with E-state index in [9.17, 15) is 0 Å². The van der Waals surface area contributed by atoms with Crippen molar-refractivity contribution in [2.24, 2.45) is 0 Å². The smallest absolute Gasteiger partial charge is 0.0783 e. The van der Waals surface area contributed by atoms with Gasteiger partial charge in [-0.25, -0.2) is 0 Å². The van der Waals surface area contributed by atoms with Crippen LogP contribution in [0.2, 0.25) is 0 Å². The molecule has 1 nitrogen and oxygen atoms in total. The Morgan fingerprint density at radius 2 is 1.50 bits per heavy atom. The minimum Gasteiger partial charge on any atom is -0.252 e. The summed E-state index contributed by atoms with van der Waals surface area (Å²) in [6.45, 7) is 8.19. The fourth-order valence-corrected chi connectivity index (χ4v) is 2.24. The van der Waals surface area contributed by atoms with Crippen LogP contribution in [-0.4, -0.2) is 4.98 Å². The van der Waals surface area contributed by atoms with E-state index in [0.717, 1.165) is 11.2 Å². The third-order valence-corrected chi connectivity index (χ3v) is 3.04. The molecular formula is C17H19N. The molecule has 1 heteroatoms. The topological polar surface area (TPSA) is 12.9 Å². The van der Waals surface area contributed by atoms with E-state index in [-0.39, 0.29) is 0 Å². The standard InChI is InChI=1S/C15H13N.C2H6/c1-10-9-12-8-7-11(2)16-15(12)14-6-4-3-5-13(10)14;1-2/h3-9H,1-2H3;1-2H3. The Morgan fingerprint density at radius 1 is 0.833 bits per heavy atom. The molecule has 1 heterocycles. The van der Waals surface area contributed by atoms with E-state index in [1.807, 2.05) is 20.8 Å². The SMILES string of the molecule is CC.Cc1ccc2cc(C)c3ccccc3c2n1. The molecule has 92 valence electrons. The second-order valence-electron chi connectivity index (χ2n) is 4.26. The third-order valence-electron chi connectivity index (χ3n) is 3.04. The Balaban J connectivity index is 0.000000574. The Bertz CT molecular complexity index is 684. The molecule has 0 bridgehead atoms. The summed E-state index contributed by atoms with van der Waals surface area (Å²) in [7, 11) is 0. The Hall–Kier alpha value is -1.89. The maximum Gasteiger partial charge on any atom is 0.0783 e. The van der Waals surface area contributed by atoms with Gasteiger partial charge in [-0.15, -0.1) is 0 Å². The molecule has 0 radical (unpaired) electrons. The summed E-state index contributed by atoms with van der Waals surface area (Å²) in [5.41, 5.74) is 3.50. The zero-order valence-electron chi connectivity index (χ0n) is 11.5. The molecule has 3 aromatic rings. The van der Waals surface area contributed by atoms with Crippen LogP contribution in [0.15, 0.2) is 42.5 Å². The summed E-state index contributed by atoms with van der Waals surface area (Å²) in [6, 6.07) is 14.9. The quantitative estimate of drug-likeness (QED) is 0.500. The van der Waals surface area contributed by atoms with Gasteiger partial charge in [-0.3, -0.25) is 4.98 Å². The number of benzene rings is 2. The first kappa shape index (κ1) is 12.6. The summed E-state index contributed by atoms with van der Waals surface area (Å²) in [4.78, 5) is 4.64. The Kier molecular flexibility index (Phi) is 3.61. The lowest BCUT2D eigenvalue weighted by atomic mass is 10.0. The first-order chi connectivity index (χ1) is 8.75. The van der Waals surface area contributed by atoms with Crippen molar-refractivity contribution in [1.29, 1.82) is 0 Å². The largest absolute Gasteiger partial charge is 0.252 e. The lowest BCUT2D eigenvalue weighted by Gasteiger charge is -2.07. The molecule has 0 aliphatic rings. The van der Waals surface area contributed by atoms with E-state index in [2.05, 4.69) is 54.4 Å². The molecule has 0 amide bonds. The van der Waals surface area contributed by atoms with Gasteiger partial charge in [-0.05, 0) is 36.9 Å². The minimum atomic E-state index is 1.07. The highest BCUT2D eigenvalue weighted by Crippen LogP contribution is 2.26. The fraction of sp³-hybridized carbons (Fsp3) is 0.235. The molecule has 0 unspecified atom stereocenters. The van der Waals surface area contributed by atoms with Crippen LogP contribution in [0.5, 0.6) is 0 Å². The Morgan fingerprint density at radius 3 is 2.22 bits per heavy atom. The molecule has 0 saturated heterocycles. The molecule has 0 saturated carbocycles. The first-order valence-corrected chi connectivity index (χ1v) is 6.51. The maximum absolute atomic E-state index is 4.64. The summed E-state index contributed by atoms with van der Waals surface area (Å²) >= 11 is 0. The van der Waals surface area contributed by atoms with Gasteiger partial charge < -0.3 is 0 Å². The van der Waals surface area contributed by atoms with Crippen molar-refractivity contribution in [3.05, 3.63) is 53.7 Å². The zero-order chi connectivity index (χ0) is 13.1. The number of hydrogen-bond donors (Lipinski definition) is 0. The summed E-state index contributed by atoms with van der Waals surface area (Å²) in [6.07, 6.45) is 0. The van der Waals surface area contributed by atoms with Gasteiger partial charge in [-0.2, -0.15) is 0 Å². The molecular weight excluding hydrogens is 218 g/mol. The summed E-state index contributed by atoms with van der Waals surface area (Å²) < 4.78 is 0. The molecule has 0 aliphatic heterocycles. The van der Waals surface area contributed by atoms with Crippen molar-refractivity contribution in [1.82, 2.24) is 4.98 Å². The minimum absolute atomic E-state index is 1.07. The third kappa shape index (κ3) is 2.08. The number of nitrogens with zero attached hydrogens (tertiary/aromatic N) is 1. The number of aryl methyl sites for hydroxylation is 2. The second-order valence-corrected chi connectivity index (χ2v) is 4.26. The van der Waals surface area contributed by atoms with E-state index >= 15 is 0 Å². The highest BCUT2D eigenvalue weighted by atomic mass is 14.7. The lowest BCUT2D eigenvalue weighted by molar-refractivity contribution is 1.26. The van der Waals surface area contributed by atoms with Gasteiger partial charge in [0.25, 0.3) is 0 Å². The average molecular weight is 237 g/mol. The van der Waals surface area contributed by atoms with E-state index in [1.165, 1.54) is 21.7 Å². The van der Waals surface area contributed by atoms with Crippen molar-refractivity contribution in [3.63, 3.8) is 0 Å². The number of fused-ring (bicyclic) bond motifs is 3. The summed E-state index contributed by atoms with van der Waals surface area (Å²) in [5.74, 6) is 0. The molecule has 0 N–H and O–H groups in total. The Labute approximate surface area is 108 Å². The molecule has 0 aliphatic carbocycles.